The van der Waals surface area contributed by atoms with Gasteiger partial charge >= 0.3 is 0 Å². The fourth-order valence-corrected chi connectivity index (χ4v) is 4.30. The molecule has 0 radical (unpaired) electrons. The number of sulfonamides is 1. The summed E-state index contributed by atoms with van der Waals surface area (Å²) in [5, 5.41) is 0.393. The molecule has 0 unspecified atom stereocenters. The summed E-state index contributed by atoms with van der Waals surface area (Å²) in [6.45, 7) is 7.16. The number of carbonyl (C=O) groups is 1. The highest BCUT2D eigenvalue weighted by molar-refractivity contribution is 7.89. The molecule has 1 N–H and O–H groups in total. The van der Waals surface area contributed by atoms with Crippen LogP contribution in [0.3, 0.4) is 0 Å². The van der Waals surface area contributed by atoms with Crippen molar-refractivity contribution in [3.63, 3.8) is 0 Å². The zero-order valence-electron chi connectivity index (χ0n) is 14.4. The Morgan fingerprint density at radius 1 is 1.29 bits per heavy atom. The maximum absolute atomic E-state index is 12.7. The van der Waals surface area contributed by atoms with Crippen LogP contribution in [-0.2, 0) is 14.8 Å². The zero-order valence-corrected chi connectivity index (χ0v) is 16.0. The number of hydrogen-bond acceptors (Lipinski definition) is 3. The Kier molecular flexibility index (Phi) is 6.28. The molecule has 1 aliphatic rings. The van der Waals surface area contributed by atoms with Gasteiger partial charge in [0, 0.05) is 18.1 Å². The number of benzene rings is 1. The molecule has 1 aromatic rings. The molecule has 0 saturated carbocycles. The molecule has 0 spiro atoms. The third-order valence-corrected chi connectivity index (χ3v) is 6.05. The van der Waals surface area contributed by atoms with E-state index in [-0.39, 0.29) is 16.7 Å². The number of nitrogens with zero attached hydrogens (tertiary/aromatic N) is 1. The number of rotatable bonds is 6. The summed E-state index contributed by atoms with van der Waals surface area (Å²) in [7, 11) is -3.80. The van der Waals surface area contributed by atoms with E-state index in [0.717, 1.165) is 18.4 Å². The predicted molar refractivity (Wildman–Crippen MR) is 95.6 cm³/mol. The number of hydrogen-bond donors (Lipinski definition) is 1. The highest BCUT2D eigenvalue weighted by Crippen LogP contribution is 2.21. The molecule has 1 amide bonds. The number of aryl methyl sites for hydroxylation is 1. The summed E-state index contributed by atoms with van der Waals surface area (Å²) in [6, 6.07) is 3.85. The van der Waals surface area contributed by atoms with E-state index in [4.69, 9.17) is 11.6 Å². The van der Waals surface area contributed by atoms with Crippen molar-refractivity contribution in [3.8, 4) is 0 Å². The van der Waals surface area contributed by atoms with Crippen LogP contribution in [0, 0.1) is 12.8 Å². The van der Waals surface area contributed by atoms with E-state index >= 15 is 0 Å². The van der Waals surface area contributed by atoms with Crippen LogP contribution in [0.2, 0.25) is 5.02 Å². The number of nitrogens with one attached hydrogen (secondary N) is 1. The Morgan fingerprint density at radius 2 is 1.92 bits per heavy atom. The van der Waals surface area contributed by atoms with Crippen LogP contribution in [-0.4, -0.2) is 38.4 Å². The summed E-state index contributed by atoms with van der Waals surface area (Å²) in [4.78, 5) is 14.5. The van der Waals surface area contributed by atoms with Crippen LogP contribution in [0.1, 0.15) is 38.7 Å². The summed E-state index contributed by atoms with van der Waals surface area (Å²) in [5.74, 6) is 0.0637. The monoisotopic (exact) mass is 372 g/mol. The minimum atomic E-state index is -3.80. The predicted octanol–water partition coefficient (Wildman–Crippen LogP) is 2.96. The van der Waals surface area contributed by atoms with Crippen molar-refractivity contribution >= 4 is 27.5 Å². The second-order valence-corrected chi connectivity index (χ2v) is 8.87. The summed E-state index contributed by atoms with van der Waals surface area (Å²) in [5.41, 5.74) is 0.808. The van der Waals surface area contributed by atoms with Gasteiger partial charge in [0.25, 0.3) is 0 Å². The van der Waals surface area contributed by atoms with E-state index in [1.165, 1.54) is 12.1 Å². The third-order valence-electron chi connectivity index (χ3n) is 4.17. The average Bonchev–Trinajstić information content (AvgIpc) is 3.02. The van der Waals surface area contributed by atoms with Crippen molar-refractivity contribution in [2.75, 3.05) is 13.1 Å². The maximum Gasteiger partial charge on any atom is 0.241 e. The van der Waals surface area contributed by atoms with Crippen LogP contribution < -0.4 is 4.72 Å². The molecular weight excluding hydrogens is 348 g/mol. The van der Waals surface area contributed by atoms with Gasteiger partial charge in [0.05, 0.1) is 4.90 Å². The Hall–Kier alpha value is -1.11. The lowest BCUT2D eigenvalue weighted by molar-refractivity contribution is -0.132. The summed E-state index contributed by atoms with van der Waals surface area (Å²) < 4.78 is 27.9. The molecule has 7 heteroatoms. The zero-order chi connectivity index (χ0) is 17.9. The first-order chi connectivity index (χ1) is 11.2. The van der Waals surface area contributed by atoms with Gasteiger partial charge < -0.3 is 4.90 Å². The first-order valence-electron chi connectivity index (χ1n) is 8.28. The Morgan fingerprint density at radius 3 is 2.46 bits per heavy atom. The standard InChI is InChI=1S/C17H25ClN2O3S/c1-12(2)10-16(17(21)20-8-4-5-9-20)19-24(22,23)14-7-6-13(3)15(18)11-14/h6-7,11-12,16,19H,4-5,8-10H2,1-3H3/t16-/m0/s1. The molecule has 24 heavy (non-hydrogen) atoms. The summed E-state index contributed by atoms with van der Waals surface area (Å²) >= 11 is 6.04. The first-order valence-corrected chi connectivity index (χ1v) is 10.1. The van der Waals surface area contributed by atoms with Gasteiger partial charge in [0.2, 0.25) is 15.9 Å². The number of carbonyl (C=O) groups excluding carboxylic acids is 1. The van der Waals surface area contributed by atoms with Gasteiger partial charge in [-0.25, -0.2) is 8.42 Å². The van der Waals surface area contributed by atoms with Gasteiger partial charge in [-0.2, -0.15) is 4.72 Å². The van der Waals surface area contributed by atoms with Crippen LogP contribution in [0.25, 0.3) is 0 Å². The molecule has 134 valence electrons. The molecule has 5 nitrogen and oxygen atoms in total. The molecule has 2 rings (SSSR count). The molecular formula is C17H25ClN2O3S. The number of halogens is 1. The molecule has 1 fully saturated rings. The molecule has 1 aromatic carbocycles. The molecule has 0 bridgehead atoms. The molecule has 0 aromatic heterocycles. The van der Waals surface area contributed by atoms with Crippen molar-refractivity contribution < 1.29 is 13.2 Å². The van der Waals surface area contributed by atoms with E-state index < -0.39 is 16.1 Å². The second-order valence-electron chi connectivity index (χ2n) is 6.75. The van der Waals surface area contributed by atoms with E-state index in [2.05, 4.69) is 4.72 Å². The van der Waals surface area contributed by atoms with E-state index in [1.807, 2.05) is 20.8 Å². The molecule has 1 atom stereocenters. The minimum Gasteiger partial charge on any atom is -0.341 e. The van der Waals surface area contributed by atoms with Gasteiger partial charge in [-0.15, -0.1) is 0 Å². The van der Waals surface area contributed by atoms with Gasteiger partial charge in [0.15, 0.2) is 0 Å². The molecule has 1 saturated heterocycles. The first kappa shape index (κ1) is 19.2. The Labute approximate surface area is 149 Å². The van der Waals surface area contributed by atoms with Gasteiger partial charge in [-0.3, -0.25) is 4.79 Å². The quantitative estimate of drug-likeness (QED) is 0.834. The molecule has 0 aliphatic carbocycles. The van der Waals surface area contributed by atoms with E-state index in [9.17, 15) is 13.2 Å². The topological polar surface area (TPSA) is 66.5 Å². The van der Waals surface area contributed by atoms with E-state index in [0.29, 0.717) is 24.5 Å². The highest BCUT2D eigenvalue weighted by Gasteiger charge is 2.31. The normalized spacial score (nSPS) is 16.6. The van der Waals surface area contributed by atoms with Crippen LogP contribution in [0.4, 0.5) is 0 Å². The van der Waals surface area contributed by atoms with Crippen LogP contribution >= 0.6 is 11.6 Å². The highest BCUT2D eigenvalue weighted by atomic mass is 35.5. The fourth-order valence-electron chi connectivity index (χ4n) is 2.82. The fraction of sp³-hybridized carbons (Fsp3) is 0.588. The third kappa shape index (κ3) is 4.71. The maximum atomic E-state index is 12.7. The lowest BCUT2D eigenvalue weighted by Crippen LogP contribution is -2.48. The Balaban J connectivity index is 2.23. The van der Waals surface area contributed by atoms with Gasteiger partial charge in [0.1, 0.15) is 6.04 Å². The minimum absolute atomic E-state index is 0.0843. The van der Waals surface area contributed by atoms with Gasteiger partial charge in [-0.05, 0) is 49.8 Å². The Bertz CT molecular complexity index is 698. The summed E-state index contributed by atoms with van der Waals surface area (Å²) in [6.07, 6.45) is 2.41. The van der Waals surface area contributed by atoms with Crippen molar-refractivity contribution in [2.24, 2.45) is 5.92 Å². The van der Waals surface area contributed by atoms with Crippen molar-refractivity contribution in [3.05, 3.63) is 28.8 Å². The average molecular weight is 373 g/mol. The molecule has 1 heterocycles. The lowest BCUT2D eigenvalue weighted by Gasteiger charge is -2.25. The van der Waals surface area contributed by atoms with E-state index in [1.54, 1.807) is 11.0 Å². The lowest BCUT2D eigenvalue weighted by atomic mass is 10.0. The van der Waals surface area contributed by atoms with Crippen LogP contribution in [0.15, 0.2) is 23.1 Å². The number of amides is 1. The van der Waals surface area contributed by atoms with Crippen molar-refractivity contribution in [1.29, 1.82) is 0 Å². The van der Waals surface area contributed by atoms with Crippen molar-refractivity contribution in [1.82, 2.24) is 9.62 Å². The van der Waals surface area contributed by atoms with Crippen LogP contribution in [0.5, 0.6) is 0 Å². The smallest absolute Gasteiger partial charge is 0.241 e. The molecule has 1 aliphatic heterocycles. The van der Waals surface area contributed by atoms with Gasteiger partial charge in [-0.1, -0.05) is 31.5 Å². The van der Waals surface area contributed by atoms with Crippen molar-refractivity contribution in [2.45, 2.75) is 51.0 Å². The number of likely N-dealkylation sites (tertiary alicyclic amines) is 1. The second kappa shape index (κ2) is 7.85. The SMILES string of the molecule is Cc1ccc(S(=O)(=O)N[C@@H](CC(C)C)C(=O)N2CCCC2)cc1Cl. The largest absolute Gasteiger partial charge is 0.341 e.